The number of carbonyl (C=O) groups is 2. The van der Waals surface area contributed by atoms with Gasteiger partial charge in [-0.1, -0.05) is 23.7 Å². The molecule has 0 saturated carbocycles. The first kappa shape index (κ1) is 16.5. The Morgan fingerprint density at radius 3 is 2.71 bits per heavy atom. The van der Waals surface area contributed by atoms with Crippen LogP contribution in [-0.2, 0) is 4.74 Å². The SMILES string of the molecule is CCOC(=O)c1cc2cc(NC(=O)c3ccccc3Cl)ccc2s1. The van der Waals surface area contributed by atoms with Crippen LogP contribution in [0.2, 0.25) is 5.02 Å². The smallest absolute Gasteiger partial charge is 0.348 e. The fourth-order valence-corrected chi connectivity index (χ4v) is 3.43. The zero-order chi connectivity index (χ0) is 17.1. The molecule has 122 valence electrons. The van der Waals surface area contributed by atoms with E-state index in [0.29, 0.717) is 27.8 Å². The summed E-state index contributed by atoms with van der Waals surface area (Å²) in [6.07, 6.45) is 0. The zero-order valence-corrected chi connectivity index (χ0v) is 14.4. The second-order valence-corrected chi connectivity index (χ2v) is 6.51. The third-order valence-corrected chi connectivity index (χ3v) is 4.79. The average molecular weight is 360 g/mol. The molecule has 0 fully saturated rings. The molecule has 3 rings (SSSR count). The van der Waals surface area contributed by atoms with Crippen LogP contribution in [0.25, 0.3) is 10.1 Å². The van der Waals surface area contributed by atoms with Gasteiger partial charge in [0, 0.05) is 10.4 Å². The number of benzene rings is 2. The number of ether oxygens (including phenoxy) is 1. The van der Waals surface area contributed by atoms with Gasteiger partial charge in [0.2, 0.25) is 0 Å². The summed E-state index contributed by atoms with van der Waals surface area (Å²) in [6, 6.07) is 14.1. The quantitative estimate of drug-likeness (QED) is 0.668. The standard InChI is InChI=1S/C18H14ClNO3S/c1-2-23-18(22)16-10-11-9-12(7-8-15(11)24-16)20-17(21)13-5-3-4-6-14(13)19/h3-10H,2H2,1H3,(H,20,21). The zero-order valence-electron chi connectivity index (χ0n) is 12.8. The molecule has 0 aliphatic carbocycles. The van der Waals surface area contributed by atoms with Crippen LogP contribution in [0.5, 0.6) is 0 Å². The maximum Gasteiger partial charge on any atom is 0.348 e. The van der Waals surface area contributed by atoms with Crippen LogP contribution in [0.4, 0.5) is 5.69 Å². The van der Waals surface area contributed by atoms with E-state index in [1.54, 1.807) is 43.3 Å². The highest BCUT2D eigenvalue weighted by molar-refractivity contribution is 7.20. The van der Waals surface area contributed by atoms with E-state index in [1.807, 2.05) is 12.1 Å². The monoisotopic (exact) mass is 359 g/mol. The lowest BCUT2D eigenvalue weighted by atomic mass is 10.2. The van der Waals surface area contributed by atoms with E-state index >= 15 is 0 Å². The summed E-state index contributed by atoms with van der Waals surface area (Å²) in [6.45, 7) is 2.11. The van der Waals surface area contributed by atoms with Gasteiger partial charge >= 0.3 is 5.97 Å². The van der Waals surface area contributed by atoms with Gasteiger partial charge in [-0.25, -0.2) is 4.79 Å². The Balaban J connectivity index is 1.84. The molecule has 3 aromatic rings. The van der Waals surface area contributed by atoms with E-state index < -0.39 is 0 Å². The van der Waals surface area contributed by atoms with Gasteiger partial charge in [0.25, 0.3) is 5.91 Å². The second kappa shape index (κ2) is 7.03. The molecule has 0 aliphatic heterocycles. The maximum atomic E-state index is 12.3. The lowest BCUT2D eigenvalue weighted by molar-refractivity contribution is 0.0532. The molecule has 1 N–H and O–H groups in total. The summed E-state index contributed by atoms with van der Waals surface area (Å²) < 4.78 is 5.96. The Kier molecular flexibility index (Phi) is 4.83. The van der Waals surface area contributed by atoms with Crippen molar-refractivity contribution in [2.45, 2.75) is 6.92 Å². The summed E-state index contributed by atoms with van der Waals surface area (Å²) in [5.41, 5.74) is 1.05. The number of carbonyl (C=O) groups excluding carboxylic acids is 2. The van der Waals surface area contributed by atoms with Crippen LogP contribution >= 0.6 is 22.9 Å². The number of hydrogen-bond acceptors (Lipinski definition) is 4. The van der Waals surface area contributed by atoms with Gasteiger partial charge < -0.3 is 10.1 Å². The van der Waals surface area contributed by atoms with Gasteiger partial charge in [-0.2, -0.15) is 0 Å². The Bertz CT molecular complexity index is 920. The highest BCUT2D eigenvalue weighted by Gasteiger charge is 2.13. The average Bonchev–Trinajstić information content (AvgIpc) is 2.99. The summed E-state index contributed by atoms with van der Waals surface area (Å²) in [7, 11) is 0. The highest BCUT2D eigenvalue weighted by Crippen LogP contribution is 2.29. The number of halogens is 1. The van der Waals surface area contributed by atoms with Crippen molar-refractivity contribution in [1.82, 2.24) is 0 Å². The minimum Gasteiger partial charge on any atom is -0.462 e. The number of anilines is 1. The van der Waals surface area contributed by atoms with Gasteiger partial charge in [0.15, 0.2) is 0 Å². The van der Waals surface area contributed by atoms with Crippen LogP contribution in [0, 0.1) is 0 Å². The Morgan fingerprint density at radius 2 is 1.96 bits per heavy atom. The number of rotatable bonds is 4. The summed E-state index contributed by atoms with van der Waals surface area (Å²) in [5.74, 6) is -0.610. The molecule has 0 bridgehead atoms. The van der Waals surface area contributed by atoms with Crippen molar-refractivity contribution in [3.8, 4) is 0 Å². The van der Waals surface area contributed by atoms with Gasteiger partial charge in [0.05, 0.1) is 17.2 Å². The van der Waals surface area contributed by atoms with Crippen molar-refractivity contribution in [2.24, 2.45) is 0 Å². The normalized spacial score (nSPS) is 10.6. The number of thiophene rings is 1. The molecule has 6 heteroatoms. The Morgan fingerprint density at radius 1 is 1.17 bits per heavy atom. The van der Waals surface area contributed by atoms with Crippen LogP contribution in [0.15, 0.2) is 48.5 Å². The minimum absolute atomic E-state index is 0.277. The summed E-state index contributed by atoms with van der Waals surface area (Å²) in [5, 5.41) is 4.09. The molecular formula is C18H14ClNO3S. The molecule has 4 nitrogen and oxygen atoms in total. The highest BCUT2D eigenvalue weighted by atomic mass is 35.5. The molecule has 1 aromatic heterocycles. The molecule has 0 radical (unpaired) electrons. The third-order valence-electron chi connectivity index (χ3n) is 3.37. The van der Waals surface area contributed by atoms with E-state index in [4.69, 9.17) is 16.3 Å². The molecular weight excluding hydrogens is 346 g/mol. The maximum absolute atomic E-state index is 12.3. The van der Waals surface area contributed by atoms with Crippen molar-refractivity contribution in [1.29, 1.82) is 0 Å². The molecule has 0 spiro atoms. The lowest BCUT2D eigenvalue weighted by Gasteiger charge is -2.06. The van der Waals surface area contributed by atoms with E-state index in [2.05, 4.69) is 5.32 Å². The van der Waals surface area contributed by atoms with E-state index in [1.165, 1.54) is 11.3 Å². The van der Waals surface area contributed by atoms with Crippen LogP contribution in [0.3, 0.4) is 0 Å². The molecule has 2 aromatic carbocycles. The molecule has 24 heavy (non-hydrogen) atoms. The Labute approximate surface area is 148 Å². The molecule has 0 aliphatic rings. The predicted molar refractivity (Wildman–Crippen MR) is 97.2 cm³/mol. The largest absolute Gasteiger partial charge is 0.462 e. The minimum atomic E-state index is -0.333. The summed E-state index contributed by atoms with van der Waals surface area (Å²) in [4.78, 5) is 24.6. The Hall–Kier alpha value is -2.37. The topological polar surface area (TPSA) is 55.4 Å². The molecule has 0 saturated heterocycles. The summed E-state index contributed by atoms with van der Waals surface area (Å²) >= 11 is 7.40. The number of nitrogens with one attached hydrogen (secondary N) is 1. The van der Waals surface area contributed by atoms with Crippen LogP contribution in [-0.4, -0.2) is 18.5 Å². The number of amides is 1. The van der Waals surface area contributed by atoms with Gasteiger partial charge in [-0.15, -0.1) is 11.3 Å². The second-order valence-electron chi connectivity index (χ2n) is 5.02. The molecule has 1 amide bonds. The number of esters is 1. The van der Waals surface area contributed by atoms with E-state index in [0.717, 1.165) is 10.1 Å². The molecule has 0 unspecified atom stereocenters. The van der Waals surface area contributed by atoms with Crippen molar-refractivity contribution in [3.63, 3.8) is 0 Å². The predicted octanol–water partition coefficient (Wildman–Crippen LogP) is 4.98. The van der Waals surface area contributed by atoms with Crippen molar-refractivity contribution in [3.05, 3.63) is 64.0 Å². The van der Waals surface area contributed by atoms with Gasteiger partial charge in [-0.05, 0) is 48.7 Å². The number of hydrogen-bond donors (Lipinski definition) is 1. The molecule has 1 heterocycles. The number of fused-ring (bicyclic) bond motifs is 1. The lowest BCUT2D eigenvalue weighted by Crippen LogP contribution is -2.12. The van der Waals surface area contributed by atoms with Gasteiger partial charge in [0.1, 0.15) is 4.88 Å². The van der Waals surface area contributed by atoms with Crippen molar-refractivity contribution < 1.29 is 14.3 Å². The molecule has 0 atom stereocenters. The van der Waals surface area contributed by atoms with Gasteiger partial charge in [-0.3, -0.25) is 4.79 Å². The van der Waals surface area contributed by atoms with Crippen molar-refractivity contribution >= 4 is 50.6 Å². The van der Waals surface area contributed by atoms with Crippen molar-refractivity contribution in [2.75, 3.05) is 11.9 Å². The fraction of sp³-hybridized carbons (Fsp3) is 0.111. The first-order valence-corrected chi connectivity index (χ1v) is 8.54. The van der Waals surface area contributed by atoms with E-state index in [9.17, 15) is 9.59 Å². The van der Waals surface area contributed by atoms with E-state index in [-0.39, 0.29) is 11.9 Å². The first-order valence-electron chi connectivity index (χ1n) is 7.35. The third kappa shape index (κ3) is 3.42. The fourth-order valence-electron chi connectivity index (χ4n) is 2.27. The van der Waals surface area contributed by atoms with Crippen LogP contribution < -0.4 is 5.32 Å². The van der Waals surface area contributed by atoms with Crippen LogP contribution in [0.1, 0.15) is 27.0 Å². The first-order chi connectivity index (χ1) is 11.6.